The highest BCUT2D eigenvalue weighted by molar-refractivity contribution is 6.16. The minimum atomic E-state index is 1.07. The molecule has 0 atom stereocenters. The highest BCUT2D eigenvalue weighted by Crippen LogP contribution is 2.48. The topological polar surface area (TPSA) is 13.1 Å². The third-order valence-corrected chi connectivity index (χ3v) is 13.7. The lowest BCUT2D eigenvalue weighted by atomic mass is 9.88. The van der Waals surface area contributed by atoms with E-state index in [9.17, 15) is 0 Å². The van der Waals surface area contributed by atoms with E-state index in [2.05, 4.69) is 287 Å². The van der Waals surface area contributed by atoms with Crippen molar-refractivity contribution in [2.24, 2.45) is 0 Å². The Kier molecular flexibility index (Phi) is 9.84. The Hall–Kier alpha value is -9.18. The van der Waals surface area contributed by atoms with Crippen LogP contribution in [-0.4, -0.2) is 9.13 Å². The van der Waals surface area contributed by atoms with Crippen molar-refractivity contribution in [1.82, 2.24) is 9.13 Å². The Balaban J connectivity index is 1.05. The average Bonchev–Trinajstić information content (AvgIpc) is 3.95. The van der Waals surface area contributed by atoms with Crippen molar-refractivity contribution in [1.29, 1.82) is 0 Å². The van der Waals surface area contributed by atoms with Crippen molar-refractivity contribution in [2.75, 3.05) is 4.90 Å². The monoisotopic (exact) mass is 879 g/mol. The lowest BCUT2D eigenvalue weighted by Gasteiger charge is -2.29. The van der Waals surface area contributed by atoms with Gasteiger partial charge in [-0.05, 0) is 118 Å². The number of hydrogen-bond acceptors (Lipinski definition) is 1. The summed E-state index contributed by atoms with van der Waals surface area (Å²) in [6, 6.07) is 99.2. The van der Waals surface area contributed by atoms with Gasteiger partial charge in [0.05, 0.1) is 27.8 Å². The first-order valence-corrected chi connectivity index (χ1v) is 23.7. The van der Waals surface area contributed by atoms with Gasteiger partial charge in [0.1, 0.15) is 0 Å². The van der Waals surface area contributed by atoms with Crippen LogP contribution >= 0.6 is 0 Å². The van der Waals surface area contributed by atoms with E-state index >= 15 is 0 Å². The molecule has 0 aliphatic carbocycles. The predicted molar refractivity (Wildman–Crippen MR) is 292 cm³/mol. The van der Waals surface area contributed by atoms with Gasteiger partial charge in [0, 0.05) is 49.9 Å². The van der Waals surface area contributed by atoms with E-state index < -0.39 is 0 Å². The lowest BCUT2D eigenvalue weighted by Crippen LogP contribution is -2.11. The fourth-order valence-electron chi connectivity index (χ4n) is 10.7. The Morgan fingerprint density at radius 2 is 0.696 bits per heavy atom. The van der Waals surface area contributed by atoms with Gasteiger partial charge >= 0.3 is 0 Å². The third-order valence-electron chi connectivity index (χ3n) is 13.7. The Morgan fingerprint density at radius 3 is 1.41 bits per heavy atom. The number of anilines is 3. The Labute approximate surface area is 401 Å². The number of fused-ring (bicyclic) bond motifs is 6. The molecule has 2 aromatic heterocycles. The molecule has 0 saturated carbocycles. The molecule has 0 N–H and O–H groups in total. The number of rotatable bonds is 9. The van der Waals surface area contributed by atoms with E-state index in [-0.39, 0.29) is 0 Å². The van der Waals surface area contributed by atoms with Crippen LogP contribution in [0.5, 0.6) is 0 Å². The number of hydrogen-bond donors (Lipinski definition) is 0. The third kappa shape index (κ3) is 6.82. The first-order chi connectivity index (χ1) is 34.3. The summed E-state index contributed by atoms with van der Waals surface area (Å²) in [5.74, 6) is 0. The predicted octanol–water partition coefficient (Wildman–Crippen LogP) is 18.0. The Morgan fingerprint density at radius 1 is 0.246 bits per heavy atom. The van der Waals surface area contributed by atoms with E-state index in [0.717, 1.165) is 50.6 Å². The van der Waals surface area contributed by atoms with Crippen LogP contribution in [-0.2, 0) is 0 Å². The molecule has 2 heterocycles. The minimum absolute atomic E-state index is 1.07. The number of para-hydroxylation sites is 5. The maximum Gasteiger partial charge on any atom is 0.0547 e. The zero-order chi connectivity index (χ0) is 45.7. The zero-order valence-corrected chi connectivity index (χ0v) is 37.8. The largest absolute Gasteiger partial charge is 0.310 e. The van der Waals surface area contributed by atoms with Gasteiger partial charge in [-0.1, -0.05) is 194 Å². The van der Waals surface area contributed by atoms with Crippen molar-refractivity contribution in [3.05, 3.63) is 273 Å². The van der Waals surface area contributed by atoms with E-state index in [4.69, 9.17) is 0 Å². The van der Waals surface area contributed by atoms with Gasteiger partial charge < -0.3 is 14.0 Å². The molecular formula is C66H45N3. The maximum atomic E-state index is 2.47. The standard InChI is InChI=1S/C66H45N3/c1-4-22-46(23-5-1)52-30-10-11-31-54(52)55-32-12-13-33-56(55)57-34-14-17-38-61(57)67(51-42-43-64-60(45-51)58-35-15-18-39-62(58)68(64)48-25-6-2-7-26-48)50-29-20-24-47(44-50)53-37-21-41-65-66(53)59-36-16-19-40-63(59)69(65)49-27-8-3-9-28-49/h1-45H. The molecule has 69 heavy (non-hydrogen) atoms. The highest BCUT2D eigenvalue weighted by atomic mass is 15.1. The molecule has 0 unspecified atom stereocenters. The number of nitrogens with zero attached hydrogens (tertiary/aromatic N) is 3. The van der Waals surface area contributed by atoms with Crippen LogP contribution in [0.25, 0.3) is 99.5 Å². The maximum absolute atomic E-state index is 2.47. The SMILES string of the molecule is c1ccc(-c2ccccc2-c2ccccc2-c2ccccc2N(c2cccc(-c3cccc4c3c3ccccc3n4-c3ccccc3)c2)c2ccc3c(c2)c2ccccc2n3-c2ccccc2)cc1. The number of aromatic nitrogens is 2. The van der Waals surface area contributed by atoms with E-state index in [0.29, 0.717) is 0 Å². The molecule has 0 amide bonds. The molecule has 0 aliphatic heterocycles. The molecule has 3 heteroatoms. The summed E-state index contributed by atoms with van der Waals surface area (Å²) < 4.78 is 4.79. The molecule has 0 bridgehead atoms. The molecule has 0 fully saturated rings. The minimum Gasteiger partial charge on any atom is -0.310 e. The molecule has 0 spiro atoms. The van der Waals surface area contributed by atoms with Crippen molar-refractivity contribution < 1.29 is 0 Å². The molecule has 13 aromatic rings. The molecular weight excluding hydrogens is 835 g/mol. The van der Waals surface area contributed by atoms with Gasteiger partial charge in [-0.2, -0.15) is 0 Å². The molecule has 11 aromatic carbocycles. The average molecular weight is 880 g/mol. The summed E-state index contributed by atoms with van der Waals surface area (Å²) in [6.45, 7) is 0. The van der Waals surface area contributed by atoms with Crippen LogP contribution < -0.4 is 4.90 Å². The van der Waals surface area contributed by atoms with Crippen LogP contribution in [0.1, 0.15) is 0 Å². The molecule has 0 radical (unpaired) electrons. The summed E-state index contributed by atoms with van der Waals surface area (Å²) in [6.07, 6.45) is 0. The second-order valence-corrected chi connectivity index (χ2v) is 17.6. The smallest absolute Gasteiger partial charge is 0.0547 e. The van der Waals surface area contributed by atoms with Gasteiger partial charge in [-0.3, -0.25) is 0 Å². The van der Waals surface area contributed by atoms with Gasteiger partial charge in [0.15, 0.2) is 0 Å². The molecule has 0 saturated heterocycles. The summed E-state index contributed by atoms with van der Waals surface area (Å²) >= 11 is 0. The second-order valence-electron chi connectivity index (χ2n) is 17.6. The van der Waals surface area contributed by atoms with Gasteiger partial charge in [0.25, 0.3) is 0 Å². The van der Waals surface area contributed by atoms with E-state index in [1.165, 1.54) is 65.9 Å². The van der Waals surface area contributed by atoms with Crippen LogP contribution in [0, 0.1) is 0 Å². The fourth-order valence-corrected chi connectivity index (χ4v) is 10.7. The quantitative estimate of drug-likeness (QED) is 0.141. The first-order valence-electron chi connectivity index (χ1n) is 23.7. The summed E-state index contributed by atoms with van der Waals surface area (Å²) in [7, 11) is 0. The van der Waals surface area contributed by atoms with Crippen LogP contribution in [0.4, 0.5) is 17.1 Å². The highest BCUT2D eigenvalue weighted by Gasteiger charge is 2.23. The van der Waals surface area contributed by atoms with Gasteiger partial charge in [-0.25, -0.2) is 0 Å². The van der Waals surface area contributed by atoms with Crippen LogP contribution in [0.2, 0.25) is 0 Å². The zero-order valence-electron chi connectivity index (χ0n) is 37.8. The van der Waals surface area contributed by atoms with Gasteiger partial charge in [-0.15, -0.1) is 0 Å². The molecule has 0 aliphatic rings. The summed E-state index contributed by atoms with van der Waals surface area (Å²) in [4.78, 5) is 2.47. The van der Waals surface area contributed by atoms with Gasteiger partial charge in [0.2, 0.25) is 0 Å². The molecule has 3 nitrogen and oxygen atoms in total. The van der Waals surface area contributed by atoms with E-state index in [1.807, 2.05) is 0 Å². The van der Waals surface area contributed by atoms with Crippen molar-refractivity contribution >= 4 is 60.7 Å². The normalized spacial score (nSPS) is 11.5. The van der Waals surface area contributed by atoms with Crippen LogP contribution in [0.15, 0.2) is 273 Å². The second kappa shape index (κ2) is 16.9. The Bertz CT molecular complexity index is 4010. The summed E-state index contributed by atoms with van der Waals surface area (Å²) in [5.41, 5.74) is 19.6. The van der Waals surface area contributed by atoms with Crippen molar-refractivity contribution in [3.8, 4) is 55.9 Å². The van der Waals surface area contributed by atoms with E-state index in [1.54, 1.807) is 0 Å². The fraction of sp³-hybridized carbons (Fsp3) is 0. The van der Waals surface area contributed by atoms with Crippen molar-refractivity contribution in [2.45, 2.75) is 0 Å². The lowest BCUT2D eigenvalue weighted by molar-refractivity contribution is 1.18. The molecule has 324 valence electrons. The number of benzene rings is 11. The van der Waals surface area contributed by atoms with Crippen molar-refractivity contribution in [3.63, 3.8) is 0 Å². The summed E-state index contributed by atoms with van der Waals surface area (Å²) in [5, 5.41) is 4.88. The van der Waals surface area contributed by atoms with Crippen LogP contribution in [0.3, 0.4) is 0 Å². The molecule has 13 rings (SSSR count). The first kappa shape index (κ1) is 40.1.